The van der Waals surface area contributed by atoms with Crippen molar-refractivity contribution < 1.29 is 9.53 Å². The number of halogens is 1. The molecule has 2 aromatic rings. The highest BCUT2D eigenvalue weighted by molar-refractivity contribution is 14.1. The van der Waals surface area contributed by atoms with E-state index in [4.69, 9.17) is 4.74 Å². The van der Waals surface area contributed by atoms with Crippen LogP contribution in [-0.2, 0) is 0 Å². The Balaban J connectivity index is 2.19. The van der Waals surface area contributed by atoms with Crippen molar-refractivity contribution in [3.63, 3.8) is 0 Å². The van der Waals surface area contributed by atoms with E-state index in [2.05, 4.69) is 22.6 Å². The highest BCUT2D eigenvalue weighted by atomic mass is 127. The summed E-state index contributed by atoms with van der Waals surface area (Å²) in [6.07, 6.45) is 0.507. The van der Waals surface area contributed by atoms with Crippen molar-refractivity contribution in [2.45, 2.75) is 13.3 Å². The van der Waals surface area contributed by atoms with E-state index in [0.29, 0.717) is 17.7 Å². The van der Waals surface area contributed by atoms with Crippen LogP contribution in [0.25, 0.3) is 0 Å². The number of hydrogen-bond donors (Lipinski definition) is 0. The molecular formula is C15H13IO2. The molecule has 0 amide bonds. The predicted molar refractivity (Wildman–Crippen MR) is 80.3 cm³/mol. The van der Waals surface area contributed by atoms with Crippen LogP contribution in [0.2, 0.25) is 0 Å². The van der Waals surface area contributed by atoms with Crippen molar-refractivity contribution >= 4 is 28.4 Å². The van der Waals surface area contributed by atoms with Crippen LogP contribution in [0.1, 0.15) is 23.7 Å². The van der Waals surface area contributed by atoms with Crippen molar-refractivity contribution in [2.24, 2.45) is 0 Å². The Morgan fingerprint density at radius 2 is 1.83 bits per heavy atom. The van der Waals surface area contributed by atoms with Gasteiger partial charge in [0.25, 0.3) is 0 Å². The molecule has 2 aromatic carbocycles. The van der Waals surface area contributed by atoms with Gasteiger partial charge in [0.05, 0.1) is 0 Å². The Morgan fingerprint density at radius 3 is 2.50 bits per heavy atom. The average Bonchev–Trinajstić information content (AvgIpc) is 2.41. The van der Waals surface area contributed by atoms with Gasteiger partial charge in [-0.2, -0.15) is 0 Å². The second-order valence-corrected chi connectivity index (χ2v) is 5.11. The molecule has 0 aliphatic heterocycles. The lowest BCUT2D eigenvalue weighted by atomic mass is 10.1. The molecule has 0 aliphatic rings. The highest BCUT2D eigenvalue weighted by Crippen LogP contribution is 2.23. The second-order valence-electron chi connectivity index (χ2n) is 3.86. The summed E-state index contributed by atoms with van der Waals surface area (Å²) in [7, 11) is 0. The summed E-state index contributed by atoms with van der Waals surface area (Å²) < 4.78 is 6.88. The van der Waals surface area contributed by atoms with Gasteiger partial charge in [0.15, 0.2) is 5.78 Å². The number of carbonyl (C=O) groups excluding carboxylic acids is 1. The van der Waals surface area contributed by atoms with Gasteiger partial charge in [-0.25, -0.2) is 0 Å². The Labute approximate surface area is 120 Å². The van der Waals surface area contributed by atoms with Crippen LogP contribution >= 0.6 is 22.6 Å². The standard InChI is InChI=1S/C15H13IO2/c1-2-15(17)11-4-3-5-14(10-11)18-13-8-6-12(16)7-9-13/h3-10H,2H2,1H3. The van der Waals surface area contributed by atoms with E-state index >= 15 is 0 Å². The fourth-order valence-electron chi connectivity index (χ4n) is 1.58. The summed E-state index contributed by atoms with van der Waals surface area (Å²) >= 11 is 2.25. The fourth-order valence-corrected chi connectivity index (χ4v) is 1.94. The summed E-state index contributed by atoms with van der Waals surface area (Å²) in [6.45, 7) is 1.86. The molecule has 0 saturated heterocycles. The molecule has 0 radical (unpaired) electrons. The van der Waals surface area contributed by atoms with Gasteiger partial charge < -0.3 is 4.74 Å². The summed E-state index contributed by atoms with van der Waals surface area (Å²) in [5.74, 6) is 1.59. The van der Waals surface area contributed by atoms with Crippen LogP contribution in [0.15, 0.2) is 48.5 Å². The summed E-state index contributed by atoms with van der Waals surface area (Å²) in [5, 5.41) is 0. The first-order chi connectivity index (χ1) is 8.69. The van der Waals surface area contributed by atoms with Gasteiger partial charge in [-0.05, 0) is 59.0 Å². The number of ketones is 1. The molecule has 92 valence electrons. The Kier molecular flexibility index (Phi) is 4.36. The van der Waals surface area contributed by atoms with Crippen LogP contribution in [0.3, 0.4) is 0 Å². The van der Waals surface area contributed by atoms with Crippen LogP contribution in [0.5, 0.6) is 11.5 Å². The van der Waals surface area contributed by atoms with Crippen molar-refractivity contribution in [2.75, 3.05) is 0 Å². The van der Waals surface area contributed by atoms with E-state index in [1.807, 2.05) is 49.4 Å². The molecule has 0 spiro atoms. The number of carbonyl (C=O) groups is 1. The monoisotopic (exact) mass is 352 g/mol. The number of benzene rings is 2. The molecule has 0 aromatic heterocycles. The minimum atomic E-state index is 0.128. The Bertz CT molecular complexity index is 547. The number of hydrogen-bond acceptors (Lipinski definition) is 2. The zero-order valence-electron chi connectivity index (χ0n) is 10.0. The van der Waals surface area contributed by atoms with Gasteiger partial charge in [0.2, 0.25) is 0 Å². The molecule has 0 N–H and O–H groups in total. The Morgan fingerprint density at radius 1 is 1.11 bits per heavy atom. The molecule has 0 atom stereocenters. The largest absolute Gasteiger partial charge is 0.457 e. The minimum Gasteiger partial charge on any atom is -0.457 e. The van der Waals surface area contributed by atoms with Gasteiger partial charge in [0, 0.05) is 15.6 Å². The minimum absolute atomic E-state index is 0.128. The molecule has 18 heavy (non-hydrogen) atoms. The number of Topliss-reactive ketones (excluding diaryl/α,β-unsaturated/α-hetero) is 1. The summed E-state index contributed by atoms with van der Waals surface area (Å²) in [6, 6.07) is 15.1. The van der Waals surface area contributed by atoms with Crippen molar-refractivity contribution in [3.8, 4) is 11.5 Å². The SMILES string of the molecule is CCC(=O)c1cccc(Oc2ccc(I)cc2)c1. The van der Waals surface area contributed by atoms with E-state index in [1.165, 1.54) is 0 Å². The number of rotatable bonds is 4. The first-order valence-electron chi connectivity index (χ1n) is 5.75. The molecular weight excluding hydrogens is 339 g/mol. The first-order valence-corrected chi connectivity index (χ1v) is 6.83. The zero-order chi connectivity index (χ0) is 13.0. The third kappa shape index (κ3) is 3.32. The smallest absolute Gasteiger partial charge is 0.162 e. The van der Waals surface area contributed by atoms with Crippen molar-refractivity contribution in [1.29, 1.82) is 0 Å². The number of ether oxygens (including phenoxy) is 1. The lowest BCUT2D eigenvalue weighted by Gasteiger charge is -2.07. The van der Waals surface area contributed by atoms with E-state index in [1.54, 1.807) is 6.07 Å². The van der Waals surface area contributed by atoms with Crippen molar-refractivity contribution in [3.05, 3.63) is 57.7 Å². The van der Waals surface area contributed by atoms with E-state index in [0.717, 1.165) is 9.32 Å². The molecule has 2 nitrogen and oxygen atoms in total. The first kappa shape index (κ1) is 13.1. The quantitative estimate of drug-likeness (QED) is 0.590. The van der Waals surface area contributed by atoms with Gasteiger partial charge in [-0.1, -0.05) is 19.1 Å². The normalized spacial score (nSPS) is 10.1. The molecule has 0 aliphatic carbocycles. The maximum absolute atomic E-state index is 11.6. The molecule has 0 heterocycles. The lowest BCUT2D eigenvalue weighted by molar-refractivity contribution is 0.0988. The fraction of sp³-hybridized carbons (Fsp3) is 0.133. The molecule has 0 unspecified atom stereocenters. The third-order valence-electron chi connectivity index (χ3n) is 2.53. The molecule has 2 rings (SSSR count). The summed E-state index contributed by atoms with van der Waals surface area (Å²) in [5.41, 5.74) is 0.695. The van der Waals surface area contributed by atoms with Crippen LogP contribution in [-0.4, -0.2) is 5.78 Å². The van der Waals surface area contributed by atoms with E-state index in [-0.39, 0.29) is 5.78 Å². The van der Waals surface area contributed by atoms with Crippen LogP contribution < -0.4 is 4.74 Å². The zero-order valence-corrected chi connectivity index (χ0v) is 12.2. The topological polar surface area (TPSA) is 26.3 Å². The maximum Gasteiger partial charge on any atom is 0.162 e. The highest BCUT2D eigenvalue weighted by Gasteiger charge is 2.04. The average molecular weight is 352 g/mol. The molecule has 0 fully saturated rings. The maximum atomic E-state index is 11.6. The van der Waals surface area contributed by atoms with Gasteiger partial charge >= 0.3 is 0 Å². The Hall–Kier alpha value is -1.36. The second kappa shape index (κ2) is 6.00. The van der Waals surface area contributed by atoms with E-state index in [9.17, 15) is 4.79 Å². The predicted octanol–water partition coefficient (Wildman–Crippen LogP) is 4.68. The van der Waals surface area contributed by atoms with E-state index < -0.39 is 0 Å². The molecule has 0 bridgehead atoms. The molecule has 3 heteroatoms. The van der Waals surface area contributed by atoms with Gasteiger partial charge in [-0.15, -0.1) is 0 Å². The lowest BCUT2D eigenvalue weighted by Crippen LogP contribution is -1.96. The summed E-state index contributed by atoms with van der Waals surface area (Å²) in [4.78, 5) is 11.6. The van der Waals surface area contributed by atoms with Crippen molar-refractivity contribution in [1.82, 2.24) is 0 Å². The van der Waals surface area contributed by atoms with Crippen LogP contribution in [0.4, 0.5) is 0 Å². The molecule has 0 saturated carbocycles. The van der Waals surface area contributed by atoms with Gasteiger partial charge in [0.1, 0.15) is 11.5 Å². The van der Waals surface area contributed by atoms with Crippen LogP contribution in [0, 0.1) is 3.57 Å². The van der Waals surface area contributed by atoms with Gasteiger partial charge in [-0.3, -0.25) is 4.79 Å². The third-order valence-corrected chi connectivity index (χ3v) is 3.25.